The van der Waals surface area contributed by atoms with Crippen LogP contribution in [0, 0.1) is 0 Å². The summed E-state index contributed by atoms with van der Waals surface area (Å²) in [5.74, 6) is -0.0290. The number of rotatable bonds is 5. The Balaban J connectivity index is 1.84. The van der Waals surface area contributed by atoms with Crippen LogP contribution in [0.2, 0.25) is 0 Å². The summed E-state index contributed by atoms with van der Waals surface area (Å²) in [5.41, 5.74) is -0.512. The van der Waals surface area contributed by atoms with Crippen molar-refractivity contribution in [3.05, 3.63) is 24.3 Å². The summed E-state index contributed by atoms with van der Waals surface area (Å²) in [5, 5.41) is 15.4. The molecular formula is C15H20F2N2O3. The molecule has 1 saturated carbocycles. The lowest BCUT2D eigenvalue weighted by molar-refractivity contribution is -0.0498. The van der Waals surface area contributed by atoms with Crippen LogP contribution in [0.1, 0.15) is 32.1 Å². The average molecular weight is 314 g/mol. The number of urea groups is 1. The Morgan fingerprint density at radius 1 is 1.32 bits per heavy atom. The molecule has 0 saturated heterocycles. The smallest absolute Gasteiger partial charge is 0.387 e. The predicted molar refractivity (Wildman–Crippen MR) is 78.1 cm³/mol. The van der Waals surface area contributed by atoms with Crippen molar-refractivity contribution in [3.8, 4) is 5.75 Å². The van der Waals surface area contributed by atoms with Gasteiger partial charge in [0.05, 0.1) is 5.60 Å². The highest BCUT2D eigenvalue weighted by atomic mass is 19.3. The van der Waals surface area contributed by atoms with Crippen molar-refractivity contribution >= 4 is 11.7 Å². The van der Waals surface area contributed by atoms with E-state index in [1.807, 2.05) is 0 Å². The molecule has 122 valence electrons. The lowest BCUT2D eigenvalue weighted by atomic mass is 9.85. The number of carbonyl (C=O) groups excluding carboxylic acids is 1. The molecule has 1 fully saturated rings. The first-order valence-corrected chi connectivity index (χ1v) is 7.29. The van der Waals surface area contributed by atoms with E-state index in [0.29, 0.717) is 18.5 Å². The van der Waals surface area contributed by atoms with E-state index in [1.54, 1.807) is 6.07 Å². The Morgan fingerprint density at radius 3 is 2.73 bits per heavy atom. The molecule has 5 nitrogen and oxygen atoms in total. The van der Waals surface area contributed by atoms with Crippen molar-refractivity contribution in [2.75, 3.05) is 11.9 Å². The van der Waals surface area contributed by atoms with E-state index in [-0.39, 0.29) is 12.3 Å². The van der Waals surface area contributed by atoms with Gasteiger partial charge in [-0.2, -0.15) is 8.78 Å². The average Bonchev–Trinajstić information content (AvgIpc) is 2.46. The number of hydrogen-bond donors (Lipinski definition) is 3. The van der Waals surface area contributed by atoms with E-state index < -0.39 is 18.2 Å². The number of alkyl halides is 2. The summed E-state index contributed by atoms with van der Waals surface area (Å²) in [7, 11) is 0. The normalized spacial score (nSPS) is 17.1. The summed E-state index contributed by atoms with van der Waals surface area (Å²) in [6, 6.07) is 5.25. The molecule has 0 bridgehead atoms. The Kier molecular flexibility index (Phi) is 5.54. The van der Waals surface area contributed by atoms with Crippen LogP contribution in [-0.4, -0.2) is 29.9 Å². The van der Waals surface area contributed by atoms with Crippen molar-refractivity contribution in [2.45, 2.75) is 44.3 Å². The van der Waals surface area contributed by atoms with Crippen LogP contribution < -0.4 is 15.4 Å². The van der Waals surface area contributed by atoms with Gasteiger partial charge < -0.3 is 20.5 Å². The van der Waals surface area contributed by atoms with Crippen molar-refractivity contribution in [1.82, 2.24) is 5.32 Å². The first-order valence-electron chi connectivity index (χ1n) is 7.29. The van der Waals surface area contributed by atoms with Gasteiger partial charge in [0, 0.05) is 18.3 Å². The van der Waals surface area contributed by atoms with Gasteiger partial charge in [-0.1, -0.05) is 25.3 Å². The minimum absolute atomic E-state index is 0.0290. The Labute approximate surface area is 127 Å². The van der Waals surface area contributed by atoms with Gasteiger partial charge in [-0.15, -0.1) is 0 Å². The second-order valence-corrected chi connectivity index (χ2v) is 5.50. The lowest BCUT2D eigenvalue weighted by Crippen LogP contribution is -2.45. The van der Waals surface area contributed by atoms with E-state index in [9.17, 15) is 18.7 Å². The third kappa shape index (κ3) is 5.14. The van der Waals surface area contributed by atoms with Gasteiger partial charge in [-0.25, -0.2) is 4.79 Å². The fraction of sp³-hybridized carbons (Fsp3) is 0.533. The first-order chi connectivity index (χ1) is 10.5. The van der Waals surface area contributed by atoms with E-state index in [2.05, 4.69) is 15.4 Å². The molecule has 1 aromatic rings. The van der Waals surface area contributed by atoms with Gasteiger partial charge in [0.1, 0.15) is 5.75 Å². The van der Waals surface area contributed by atoms with Gasteiger partial charge in [0.25, 0.3) is 0 Å². The third-order valence-electron chi connectivity index (χ3n) is 3.68. The third-order valence-corrected chi connectivity index (χ3v) is 3.68. The maximum Gasteiger partial charge on any atom is 0.387 e. The molecule has 0 aliphatic heterocycles. The molecule has 0 aromatic heterocycles. The zero-order chi connectivity index (χ0) is 16.0. The second-order valence-electron chi connectivity index (χ2n) is 5.50. The summed E-state index contributed by atoms with van der Waals surface area (Å²) >= 11 is 0. The molecule has 1 aliphatic carbocycles. The first kappa shape index (κ1) is 16.5. The zero-order valence-electron chi connectivity index (χ0n) is 12.1. The summed E-state index contributed by atoms with van der Waals surface area (Å²) in [6.07, 6.45) is 4.35. The highest BCUT2D eigenvalue weighted by molar-refractivity contribution is 5.89. The van der Waals surface area contributed by atoms with Crippen LogP contribution in [0.3, 0.4) is 0 Å². The molecule has 0 unspecified atom stereocenters. The fourth-order valence-corrected chi connectivity index (χ4v) is 2.56. The van der Waals surface area contributed by atoms with Crippen LogP contribution in [0.25, 0.3) is 0 Å². The topological polar surface area (TPSA) is 70.6 Å². The molecule has 7 heteroatoms. The number of benzene rings is 1. The predicted octanol–water partition coefficient (Wildman–Crippen LogP) is 3.10. The van der Waals surface area contributed by atoms with Gasteiger partial charge in [0.2, 0.25) is 0 Å². The summed E-state index contributed by atoms with van der Waals surface area (Å²) in [4.78, 5) is 11.8. The SMILES string of the molecule is O=C(NCC1(O)CCCCC1)Nc1cccc(OC(F)F)c1. The molecule has 22 heavy (non-hydrogen) atoms. The molecular weight excluding hydrogens is 294 g/mol. The number of amides is 2. The minimum Gasteiger partial charge on any atom is -0.435 e. The Morgan fingerprint density at radius 2 is 2.05 bits per heavy atom. The number of halogens is 2. The maximum absolute atomic E-state index is 12.1. The standard InChI is InChI=1S/C15H20F2N2O3/c16-13(17)22-12-6-4-5-11(9-12)19-14(20)18-10-15(21)7-2-1-3-8-15/h4-6,9,13,21H,1-3,7-8,10H2,(H2,18,19,20). The number of anilines is 1. The molecule has 0 atom stereocenters. The quantitative estimate of drug-likeness (QED) is 0.782. The van der Waals surface area contributed by atoms with E-state index in [4.69, 9.17) is 0 Å². The molecule has 2 rings (SSSR count). The molecule has 0 spiro atoms. The highest BCUT2D eigenvalue weighted by Gasteiger charge is 2.29. The highest BCUT2D eigenvalue weighted by Crippen LogP contribution is 2.27. The Bertz CT molecular complexity index is 505. The van der Waals surface area contributed by atoms with Gasteiger partial charge >= 0.3 is 12.6 Å². The van der Waals surface area contributed by atoms with Crippen LogP contribution in [0.15, 0.2) is 24.3 Å². The van der Waals surface area contributed by atoms with E-state index in [1.165, 1.54) is 18.2 Å². The van der Waals surface area contributed by atoms with Crippen molar-refractivity contribution in [2.24, 2.45) is 0 Å². The largest absolute Gasteiger partial charge is 0.435 e. The fourth-order valence-electron chi connectivity index (χ4n) is 2.56. The number of nitrogens with one attached hydrogen (secondary N) is 2. The monoisotopic (exact) mass is 314 g/mol. The van der Waals surface area contributed by atoms with Crippen LogP contribution in [0.4, 0.5) is 19.3 Å². The molecule has 1 aromatic carbocycles. The van der Waals surface area contributed by atoms with Crippen molar-refractivity contribution in [1.29, 1.82) is 0 Å². The number of aliphatic hydroxyl groups is 1. The van der Waals surface area contributed by atoms with Gasteiger partial charge in [0.15, 0.2) is 0 Å². The summed E-state index contributed by atoms with van der Waals surface area (Å²) < 4.78 is 28.5. The van der Waals surface area contributed by atoms with Gasteiger partial charge in [-0.3, -0.25) is 0 Å². The number of carbonyl (C=O) groups is 1. The lowest BCUT2D eigenvalue weighted by Gasteiger charge is -2.32. The Hall–Kier alpha value is -1.89. The number of hydrogen-bond acceptors (Lipinski definition) is 3. The molecule has 0 heterocycles. The van der Waals surface area contributed by atoms with Crippen LogP contribution in [0.5, 0.6) is 5.75 Å². The minimum atomic E-state index is -2.91. The molecule has 1 aliphatic rings. The molecule has 2 amide bonds. The van der Waals surface area contributed by atoms with E-state index in [0.717, 1.165) is 19.3 Å². The maximum atomic E-state index is 12.1. The van der Waals surface area contributed by atoms with Crippen LogP contribution >= 0.6 is 0 Å². The summed E-state index contributed by atoms with van der Waals surface area (Å²) in [6.45, 7) is -2.74. The molecule has 3 N–H and O–H groups in total. The van der Waals surface area contributed by atoms with Crippen LogP contribution in [-0.2, 0) is 0 Å². The van der Waals surface area contributed by atoms with Crippen molar-refractivity contribution < 1.29 is 23.4 Å². The van der Waals surface area contributed by atoms with Crippen molar-refractivity contribution in [3.63, 3.8) is 0 Å². The van der Waals surface area contributed by atoms with Gasteiger partial charge in [-0.05, 0) is 25.0 Å². The number of ether oxygens (including phenoxy) is 1. The zero-order valence-corrected chi connectivity index (χ0v) is 12.1. The second kappa shape index (κ2) is 7.40. The van der Waals surface area contributed by atoms with E-state index >= 15 is 0 Å². The molecule has 0 radical (unpaired) electrons.